The van der Waals surface area contributed by atoms with E-state index in [1.165, 1.54) is 77.0 Å². The molecule has 4 aliphatic rings. The fourth-order valence-corrected chi connectivity index (χ4v) is 9.95. The Hall–Kier alpha value is -1.84. The van der Waals surface area contributed by atoms with Crippen LogP contribution >= 0.6 is 0 Å². The highest BCUT2D eigenvalue weighted by molar-refractivity contribution is 5.77. The molecule has 7 atom stereocenters. The Morgan fingerprint density at radius 2 is 1.54 bits per heavy atom. The number of nitrogens with zero attached hydrogens (tertiary/aromatic N) is 1. The average Bonchev–Trinajstić information content (AvgIpc) is 3.27. The van der Waals surface area contributed by atoms with E-state index >= 15 is 0 Å². The number of hydrogen-bond donors (Lipinski definition) is 0. The van der Waals surface area contributed by atoms with E-state index in [0.717, 1.165) is 49.4 Å². The molecule has 1 heterocycles. The minimum Gasteiger partial charge on any atom is -0.427 e. The predicted molar refractivity (Wildman–Crippen MR) is 157 cm³/mol. The predicted octanol–water partition coefficient (Wildman–Crippen LogP) is 8.58. The van der Waals surface area contributed by atoms with Gasteiger partial charge in [0.15, 0.2) is 0 Å². The molecule has 1 aromatic carbocycles. The molecule has 3 unspecified atom stereocenters. The first-order valence-electron chi connectivity index (χ1n) is 16.3. The fraction of sp³-hybridized carbons (Fsp3) is 0.771. The Bertz CT molecular complexity index is 977. The first-order chi connectivity index (χ1) is 18.8. The number of para-hydroxylation sites is 1. The summed E-state index contributed by atoms with van der Waals surface area (Å²) in [5.74, 6) is 4.46. The maximum atomic E-state index is 12.4. The Morgan fingerprint density at radius 3 is 2.31 bits per heavy atom. The zero-order valence-corrected chi connectivity index (χ0v) is 25.0. The lowest BCUT2D eigenvalue weighted by atomic mass is 9.46. The van der Waals surface area contributed by atoms with E-state index in [2.05, 4.69) is 25.8 Å². The molecule has 1 aliphatic heterocycles. The topological polar surface area (TPSA) is 46.6 Å². The van der Waals surface area contributed by atoms with E-state index in [0.29, 0.717) is 34.9 Å². The van der Waals surface area contributed by atoms with Gasteiger partial charge in [0, 0.05) is 25.9 Å². The van der Waals surface area contributed by atoms with Crippen molar-refractivity contribution in [3.63, 3.8) is 0 Å². The summed E-state index contributed by atoms with van der Waals surface area (Å²) >= 11 is 0. The van der Waals surface area contributed by atoms with Gasteiger partial charge in [0.25, 0.3) is 0 Å². The van der Waals surface area contributed by atoms with Crippen LogP contribution in [0.15, 0.2) is 30.3 Å². The van der Waals surface area contributed by atoms with Gasteiger partial charge in [-0.05, 0) is 104 Å². The van der Waals surface area contributed by atoms with Crippen molar-refractivity contribution in [2.75, 3.05) is 7.05 Å². The molecule has 4 heteroatoms. The van der Waals surface area contributed by atoms with Crippen LogP contribution in [0.3, 0.4) is 0 Å². The van der Waals surface area contributed by atoms with Gasteiger partial charge in [-0.3, -0.25) is 9.59 Å². The average molecular weight is 536 g/mol. The first kappa shape index (κ1) is 28.7. The van der Waals surface area contributed by atoms with Crippen LogP contribution in [0.1, 0.15) is 123 Å². The quantitative estimate of drug-likeness (QED) is 0.162. The number of fused-ring (bicyclic) bond motifs is 5. The van der Waals surface area contributed by atoms with Crippen LogP contribution in [0.25, 0.3) is 0 Å². The van der Waals surface area contributed by atoms with Crippen molar-refractivity contribution in [1.82, 2.24) is 4.90 Å². The number of carbonyl (C=O) groups is 2. The number of carbonyl (C=O) groups excluding carboxylic acids is 2. The first-order valence-corrected chi connectivity index (χ1v) is 16.3. The molecule has 0 N–H and O–H groups in total. The maximum absolute atomic E-state index is 12.4. The Kier molecular flexibility index (Phi) is 9.08. The van der Waals surface area contributed by atoms with Crippen LogP contribution in [-0.2, 0) is 9.59 Å². The Balaban J connectivity index is 0.988. The van der Waals surface area contributed by atoms with E-state index in [4.69, 9.17) is 4.74 Å². The van der Waals surface area contributed by atoms with Gasteiger partial charge in [-0.1, -0.05) is 70.6 Å². The SMILES string of the molecule is CN1C(=O)CC[C@]2(C)C3CC[C@@]4(C)C(CC[C@@H]4CCCCCCCCCC(=O)Oc4ccccc4)C3CC[C@@H]12. The zero-order chi connectivity index (χ0) is 27.5. The van der Waals surface area contributed by atoms with Crippen LogP contribution < -0.4 is 4.74 Å². The van der Waals surface area contributed by atoms with Crippen LogP contribution in [0.2, 0.25) is 0 Å². The molecule has 5 rings (SSSR count). The lowest BCUT2D eigenvalue weighted by Gasteiger charge is -2.62. The minimum atomic E-state index is -0.109. The van der Waals surface area contributed by atoms with Crippen molar-refractivity contribution in [2.24, 2.45) is 34.5 Å². The molecule has 1 amide bonds. The summed E-state index contributed by atoms with van der Waals surface area (Å²) in [6, 6.07) is 9.86. The number of rotatable bonds is 11. The number of ether oxygens (including phenoxy) is 1. The molecule has 0 aromatic heterocycles. The number of hydrogen-bond acceptors (Lipinski definition) is 3. The van der Waals surface area contributed by atoms with E-state index < -0.39 is 0 Å². The van der Waals surface area contributed by atoms with Crippen LogP contribution in [0.4, 0.5) is 0 Å². The third-order valence-corrected chi connectivity index (χ3v) is 12.2. The lowest BCUT2D eigenvalue weighted by Crippen LogP contribution is -2.61. The molecule has 216 valence electrons. The van der Waals surface area contributed by atoms with Crippen molar-refractivity contribution in [1.29, 1.82) is 0 Å². The molecule has 0 bridgehead atoms. The molecule has 3 aliphatic carbocycles. The van der Waals surface area contributed by atoms with Gasteiger partial charge in [0.1, 0.15) is 5.75 Å². The lowest BCUT2D eigenvalue weighted by molar-refractivity contribution is -0.158. The second-order valence-electron chi connectivity index (χ2n) is 14.1. The van der Waals surface area contributed by atoms with Gasteiger partial charge >= 0.3 is 5.97 Å². The number of piperidine rings is 1. The second kappa shape index (κ2) is 12.4. The van der Waals surface area contributed by atoms with Gasteiger partial charge in [0.2, 0.25) is 5.91 Å². The maximum Gasteiger partial charge on any atom is 0.311 e. The van der Waals surface area contributed by atoms with E-state index in [9.17, 15) is 9.59 Å². The zero-order valence-electron chi connectivity index (χ0n) is 25.0. The van der Waals surface area contributed by atoms with Crippen LogP contribution in [0.5, 0.6) is 5.75 Å². The van der Waals surface area contributed by atoms with Gasteiger partial charge in [-0.25, -0.2) is 0 Å². The standard InChI is InChI=1S/C35H53NO3/c1-34-24-22-30-28(19-21-31-35(30,2)25-23-32(37)36(31)3)29(34)20-18-26(34)14-10-7-5-4-6-8-13-17-33(38)39-27-15-11-9-12-16-27/h9,11-12,15-16,26,28-31H,4-8,10,13-14,17-25H2,1-3H3/t26-,28?,29?,30?,31+,34+,35+/m0/s1. The summed E-state index contributed by atoms with van der Waals surface area (Å²) in [7, 11) is 2.08. The van der Waals surface area contributed by atoms with Crippen molar-refractivity contribution in [3.8, 4) is 5.75 Å². The number of amides is 1. The Labute approximate surface area is 237 Å². The highest BCUT2D eigenvalue weighted by Gasteiger charge is 2.60. The van der Waals surface area contributed by atoms with E-state index in [1.807, 2.05) is 30.3 Å². The molecule has 4 nitrogen and oxygen atoms in total. The molecular formula is C35H53NO3. The van der Waals surface area contributed by atoms with Crippen molar-refractivity contribution in [2.45, 2.75) is 129 Å². The summed E-state index contributed by atoms with van der Waals surface area (Å²) in [5.41, 5.74) is 0.891. The molecule has 0 spiro atoms. The molecule has 3 saturated carbocycles. The molecule has 1 saturated heterocycles. The smallest absolute Gasteiger partial charge is 0.311 e. The van der Waals surface area contributed by atoms with Crippen LogP contribution in [0, 0.1) is 34.5 Å². The third kappa shape index (κ3) is 5.96. The van der Waals surface area contributed by atoms with E-state index in [-0.39, 0.29) is 5.97 Å². The summed E-state index contributed by atoms with van der Waals surface area (Å²) in [5, 5.41) is 0. The number of esters is 1. The van der Waals surface area contributed by atoms with Gasteiger partial charge < -0.3 is 9.64 Å². The molecule has 4 fully saturated rings. The molecular weight excluding hydrogens is 482 g/mol. The van der Waals surface area contributed by atoms with Gasteiger partial charge in [0.05, 0.1) is 0 Å². The van der Waals surface area contributed by atoms with Crippen molar-refractivity contribution >= 4 is 11.9 Å². The number of benzene rings is 1. The van der Waals surface area contributed by atoms with Crippen molar-refractivity contribution in [3.05, 3.63) is 30.3 Å². The van der Waals surface area contributed by atoms with Gasteiger partial charge in [-0.15, -0.1) is 0 Å². The molecule has 1 aromatic rings. The van der Waals surface area contributed by atoms with E-state index in [1.54, 1.807) is 0 Å². The fourth-order valence-electron chi connectivity index (χ4n) is 9.95. The number of likely N-dealkylation sites (tertiary alicyclic amines) is 1. The monoisotopic (exact) mass is 535 g/mol. The summed E-state index contributed by atoms with van der Waals surface area (Å²) in [6.45, 7) is 5.21. The normalized spacial score (nSPS) is 35.7. The highest BCUT2D eigenvalue weighted by Crippen LogP contribution is 2.66. The Morgan fingerprint density at radius 1 is 0.846 bits per heavy atom. The summed E-state index contributed by atoms with van der Waals surface area (Å²) in [4.78, 5) is 26.5. The summed E-state index contributed by atoms with van der Waals surface area (Å²) < 4.78 is 5.38. The second-order valence-corrected chi connectivity index (χ2v) is 14.1. The summed E-state index contributed by atoms with van der Waals surface area (Å²) in [6.07, 6.45) is 20.7. The molecule has 39 heavy (non-hydrogen) atoms. The minimum absolute atomic E-state index is 0.109. The number of unbranched alkanes of at least 4 members (excludes halogenated alkanes) is 6. The highest BCUT2D eigenvalue weighted by atomic mass is 16.5. The van der Waals surface area contributed by atoms with Gasteiger partial charge in [-0.2, -0.15) is 0 Å². The largest absolute Gasteiger partial charge is 0.427 e. The van der Waals surface area contributed by atoms with Crippen LogP contribution in [-0.4, -0.2) is 29.9 Å². The van der Waals surface area contributed by atoms with Crippen molar-refractivity contribution < 1.29 is 14.3 Å². The third-order valence-electron chi connectivity index (χ3n) is 12.2. The molecule has 0 radical (unpaired) electrons.